The van der Waals surface area contributed by atoms with Crippen LogP contribution in [0.15, 0.2) is 47.6 Å². The summed E-state index contributed by atoms with van der Waals surface area (Å²) in [5, 5.41) is 15.2. The Bertz CT molecular complexity index is 850. The van der Waals surface area contributed by atoms with E-state index < -0.39 is 0 Å². The normalized spacial score (nSPS) is 12.7. The third kappa shape index (κ3) is 5.69. The molecule has 0 heterocycles. The summed E-state index contributed by atoms with van der Waals surface area (Å²) in [6.07, 6.45) is 1.03. The van der Waals surface area contributed by atoms with Crippen LogP contribution in [0.5, 0.6) is 5.75 Å². The number of nitrogens with zero attached hydrogens (tertiary/aromatic N) is 1. The molecule has 0 atom stereocenters. The Hall–Kier alpha value is -2.62. The molecule has 0 fully saturated rings. The molecular formula is C25H33NO3. The average Bonchev–Trinajstić information content (AvgIpc) is 2.62. The zero-order valence-electron chi connectivity index (χ0n) is 18.7. The van der Waals surface area contributed by atoms with Crippen molar-refractivity contribution in [2.75, 3.05) is 0 Å². The number of carbonyl (C=O) groups is 1. The molecule has 1 N–H and O–H groups in total. The number of rotatable bonds is 5. The fourth-order valence-corrected chi connectivity index (χ4v) is 3.13. The van der Waals surface area contributed by atoms with Crippen LogP contribution in [0.25, 0.3) is 0 Å². The number of oxime groups is 1. The molecule has 0 bridgehead atoms. The summed E-state index contributed by atoms with van der Waals surface area (Å²) in [7, 11) is 0. The van der Waals surface area contributed by atoms with Gasteiger partial charge < -0.3 is 9.94 Å². The molecule has 0 aliphatic carbocycles. The van der Waals surface area contributed by atoms with Gasteiger partial charge in [0.05, 0.1) is 0 Å². The second-order valence-corrected chi connectivity index (χ2v) is 9.44. The minimum Gasteiger partial charge on any atom is -0.507 e. The van der Waals surface area contributed by atoms with Crippen molar-refractivity contribution in [3.8, 4) is 5.75 Å². The van der Waals surface area contributed by atoms with E-state index in [4.69, 9.17) is 4.84 Å². The average molecular weight is 396 g/mol. The number of phenols is 1. The minimum atomic E-state index is -0.355. The Morgan fingerprint density at radius 3 is 1.90 bits per heavy atom. The molecule has 0 amide bonds. The molecule has 4 nitrogen and oxygen atoms in total. The molecule has 0 unspecified atom stereocenters. The summed E-state index contributed by atoms with van der Waals surface area (Å²) in [4.78, 5) is 17.2. The number of hydrogen-bond donors (Lipinski definition) is 1. The van der Waals surface area contributed by atoms with Crippen LogP contribution >= 0.6 is 0 Å². The number of hydrogen-bond acceptors (Lipinski definition) is 4. The van der Waals surface area contributed by atoms with Crippen LogP contribution in [0, 0.1) is 0 Å². The maximum absolute atomic E-state index is 11.9. The van der Waals surface area contributed by atoms with E-state index >= 15 is 0 Å². The highest BCUT2D eigenvalue weighted by molar-refractivity contribution is 6.13. The van der Waals surface area contributed by atoms with Gasteiger partial charge in [0.2, 0.25) is 0 Å². The molecule has 0 saturated heterocycles. The zero-order chi connectivity index (χ0) is 21.8. The van der Waals surface area contributed by atoms with E-state index in [0.717, 1.165) is 22.3 Å². The molecule has 0 radical (unpaired) electrons. The summed E-state index contributed by atoms with van der Waals surface area (Å²) in [5.41, 5.74) is 3.38. The molecule has 2 aromatic carbocycles. The largest absolute Gasteiger partial charge is 0.507 e. The van der Waals surface area contributed by atoms with Gasteiger partial charge in [-0.15, -0.1) is 0 Å². The van der Waals surface area contributed by atoms with Crippen molar-refractivity contribution < 1.29 is 14.7 Å². The van der Waals surface area contributed by atoms with Gasteiger partial charge in [0, 0.05) is 28.7 Å². The van der Waals surface area contributed by atoms with Crippen LogP contribution in [0.3, 0.4) is 0 Å². The van der Waals surface area contributed by atoms with E-state index in [2.05, 4.69) is 46.7 Å². The molecular weight excluding hydrogens is 362 g/mol. The van der Waals surface area contributed by atoms with Gasteiger partial charge in [0.25, 0.3) is 0 Å². The second-order valence-electron chi connectivity index (χ2n) is 9.44. The highest BCUT2D eigenvalue weighted by Gasteiger charge is 2.28. The molecule has 2 aromatic rings. The monoisotopic (exact) mass is 395 g/mol. The van der Waals surface area contributed by atoms with Gasteiger partial charge in [0.1, 0.15) is 11.5 Å². The lowest BCUT2D eigenvalue weighted by Gasteiger charge is -2.28. The fourth-order valence-electron chi connectivity index (χ4n) is 3.13. The van der Waals surface area contributed by atoms with Crippen molar-refractivity contribution in [2.45, 2.75) is 72.1 Å². The number of phenolic OH excluding ortho intramolecular Hbond substituents is 1. The summed E-state index contributed by atoms with van der Waals surface area (Å²) < 4.78 is 0. The van der Waals surface area contributed by atoms with Gasteiger partial charge >= 0.3 is 5.97 Å². The lowest BCUT2D eigenvalue weighted by Crippen LogP contribution is -2.19. The summed E-state index contributed by atoms with van der Waals surface area (Å²) in [6, 6.07) is 13.6. The molecule has 2 rings (SSSR count). The van der Waals surface area contributed by atoms with Gasteiger partial charge in [-0.3, -0.25) is 0 Å². The van der Waals surface area contributed by atoms with Crippen LogP contribution in [0.2, 0.25) is 0 Å². The van der Waals surface area contributed by atoms with Crippen molar-refractivity contribution >= 4 is 11.7 Å². The van der Waals surface area contributed by atoms with Crippen molar-refractivity contribution in [1.29, 1.82) is 0 Å². The Balaban J connectivity index is 2.73. The van der Waals surface area contributed by atoms with E-state index in [1.54, 1.807) is 0 Å². The topological polar surface area (TPSA) is 58.9 Å². The van der Waals surface area contributed by atoms with E-state index in [0.29, 0.717) is 24.3 Å². The predicted molar refractivity (Wildman–Crippen MR) is 119 cm³/mol. The lowest BCUT2D eigenvalue weighted by molar-refractivity contribution is -0.143. The lowest BCUT2D eigenvalue weighted by atomic mass is 9.77. The predicted octanol–water partition coefficient (Wildman–Crippen LogP) is 6.08. The van der Waals surface area contributed by atoms with Crippen LogP contribution < -0.4 is 0 Å². The third-order valence-corrected chi connectivity index (χ3v) is 4.74. The first-order chi connectivity index (χ1) is 13.4. The molecule has 0 spiro atoms. The quantitative estimate of drug-likeness (QED) is 0.379. The Morgan fingerprint density at radius 2 is 1.45 bits per heavy atom. The van der Waals surface area contributed by atoms with Crippen LogP contribution in [0.4, 0.5) is 0 Å². The van der Waals surface area contributed by atoms with E-state index in [1.165, 1.54) is 0 Å². The summed E-state index contributed by atoms with van der Waals surface area (Å²) in [5.74, 6) is -0.0454. The minimum absolute atomic E-state index is 0.263. The Labute approximate surface area is 174 Å². The highest BCUT2D eigenvalue weighted by atomic mass is 16.7. The first-order valence-corrected chi connectivity index (χ1v) is 10.2. The van der Waals surface area contributed by atoms with E-state index in [-0.39, 0.29) is 16.8 Å². The molecule has 0 aromatic heterocycles. The van der Waals surface area contributed by atoms with Crippen LogP contribution in [0.1, 0.15) is 83.6 Å². The molecule has 4 heteroatoms. The highest BCUT2D eigenvalue weighted by Crippen LogP contribution is 2.40. The standard InChI is InChI=1S/C25H33NO3/c1-8-12-21(27)29-26-22(17-13-10-9-11-14-17)18-15-19(24(2,3)4)23(28)20(16-18)25(5,6)7/h9-11,13-16,28H,8,12H2,1-7H3. The van der Waals surface area contributed by atoms with Crippen molar-refractivity contribution in [2.24, 2.45) is 5.16 Å². The number of carbonyl (C=O) groups excluding carboxylic acids is 1. The number of benzene rings is 2. The molecule has 0 saturated carbocycles. The van der Waals surface area contributed by atoms with E-state index in [9.17, 15) is 9.90 Å². The summed E-state index contributed by atoms with van der Waals surface area (Å²) in [6.45, 7) is 14.3. The van der Waals surface area contributed by atoms with Gasteiger partial charge in [-0.1, -0.05) is 84.0 Å². The van der Waals surface area contributed by atoms with Crippen molar-refractivity contribution in [1.82, 2.24) is 0 Å². The maximum Gasteiger partial charge on any atom is 0.335 e. The Morgan fingerprint density at radius 1 is 0.931 bits per heavy atom. The van der Waals surface area contributed by atoms with Gasteiger partial charge in [-0.25, -0.2) is 4.79 Å². The molecule has 0 aliphatic heterocycles. The molecule has 0 aliphatic rings. The molecule has 29 heavy (non-hydrogen) atoms. The SMILES string of the molecule is CCCC(=O)ON=C(c1ccccc1)c1cc(C(C)(C)C)c(O)c(C(C)(C)C)c1. The smallest absolute Gasteiger partial charge is 0.335 e. The van der Waals surface area contributed by atoms with Gasteiger partial charge in [-0.05, 0) is 29.4 Å². The molecule has 156 valence electrons. The van der Waals surface area contributed by atoms with Crippen LogP contribution in [-0.4, -0.2) is 16.8 Å². The van der Waals surface area contributed by atoms with Crippen molar-refractivity contribution in [3.05, 3.63) is 64.7 Å². The first kappa shape index (κ1) is 22.7. The van der Waals surface area contributed by atoms with Gasteiger partial charge in [0.15, 0.2) is 0 Å². The summed E-state index contributed by atoms with van der Waals surface area (Å²) >= 11 is 0. The maximum atomic E-state index is 11.9. The van der Waals surface area contributed by atoms with E-state index in [1.807, 2.05) is 49.4 Å². The fraction of sp³-hybridized carbons (Fsp3) is 0.440. The first-order valence-electron chi connectivity index (χ1n) is 10.2. The Kier molecular flexibility index (Phi) is 6.89. The van der Waals surface area contributed by atoms with Crippen LogP contribution in [-0.2, 0) is 20.5 Å². The second kappa shape index (κ2) is 8.81. The van der Waals surface area contributed by atoms with Crippen molar-refractivity contribution in [3.63, 3.8) is 0 Å². The zero-order valence-corrected chi connectivity index (χ0v) is 18.7. The number of aromatic hydroxyl groups is 1. The van der Waals surface area contributed by atoms with Gasteiger partial charge in [-0.2, -0.15) is 0 Å². The third-order valence-electron chi connectivity index (χ3n) is 4.74.